The zero-order chi connectivity index (χ0) is 15.5. The van der Waals surface area contributed by atoms with Crippen LogP contribution < -0.4 is 0 Å². The lowest BCUT2D eigenvalue weighted by molar-refractivity contribution is -0.151. The Hall–Kier alpha value is -1.62. The third-order valence-electron chi connectivity index (χ3n) is 3.99. The molecule has 5 heteroatoms. The van der Waals surface area contributed by atoms with Gasteiger partial charge in [0.05, 0.1) is 11.0 Å². The highest BCUT2D eigenvalue weighted by molar-refractivity contribution is 7.08. The number of carbonyl (C=O) groups excluding carboxylic acids is 1. The highest BCUT2D eigenvalue weighted by Gasteiger charge is 2.42. The first-order valence-corrected chi connectivity index (χ1v) is 8.07. The summed E-state index contributed by atoms with van der Waals surface area (Å²) < 4.78 is 0. The number of thiophene rings is 1. The molecule has 1 aliphatic heterocycles. The van der Waals surface area contributed by atoms with Gasteiger partial charge < -0.3 is 10.0 Å². The molecule has 1 atom stereocenters. The molecule has 114 valence electrons. The minimum absolute atomic E-state index is 0.0567. The summed E-state index contributed by atoms with van der Waals surface area (Å²) in [6, 6.07) is 1.79. The van der Waals surface area contributed by atoms with Crippen LogP contribution >= 0.6 is 11.3 Å². The quantitative estimate of drug-likeness (QED) is 0.867. The SMILES string of the molecule is CC(C)=CC[C@@]1(C(=O)O)CCCN(C(=O)c2ccsc2)C1. The molecule has 1 aromatic heterocycles. The predicted octanol–water partition coefficient (Wildman–Crippen LogP) is 3.41. The first kappa shape index (κ1) is 15.8. The molecule has 4 nitrogen and oxygen atoms in total. The lowest BCUT2D eigenvalue weighted by Gasteiger charge is -2.39. The number of likely N-dealkylation sites (tertiary alicyclic amines) is 1. The van der Waals surface area contributed by atoms with Gasteiger partial charge in [0.2, 0.25) is 0 Å². The summed E-state index contributed by atoms with van der Waals surface area (Å²) in [5.41, 5.74) is 0.918. The normalized spacial score (nSPS) is 21.9. The maximum absolute atomic E-state index is 12.4. The highest BCUT2D eigenvalue weighted by atomic mass is 32.1. The molecule has 0 aromatic carbocycles. The van der Waals surface area contributed by atoms with Crippen molar-refractivity contribution < 1.29 is 14.7 Å². The van der Waals surface area contributed by atoms with Gasteiger partial charge >= 0.3 is 5.97 Å². The predicted molar refractivity (Wildman–Crippen MR) is 83.6 cm³/mol. The average Bonchev–Trinajstić information content (AvgIpc) is 2.98. The molecule has 2 heterocycles. The maximum atomic E-state index is 12.4. The van der Waals surface area contributed by atoms with Crippen molar-refractivity contribution in [1.82, 2.24) is 4.90 Å². The summed E-state index contributed by atoms with van der Waals surface area (Å²) >= 11 is 1.48. The van der Waals surface area contributed by atoms with Crippen molar-refractivity contribution in [2.75, 3.05) is 13.1 Å². The molecule has 0 radical (unpaired) electrons. The van der Waals surface area contributed by atoms with Crippen molar-refractivity contribution in [1.29, 1.82) is 0 Å². The van der Waals surface area contributed by atoms with Gasteiger partial charge in [0.15, 0.2) is 0 Å². The molecule has 0 spiro atoms. The summed E-state index contributed by atoms with van der Waals surface area (Å²) in [4.78, 5) is 25.9. The van der Waals surface area contributed by atoms with Gasteiger partial charge in [-0.1, -0.05) is 11.6 Å². The number of nitrogens with zero attached hydrogens (tertiary/aromatic N) is 1. The van der Waals surface area contributed by atoms with Gasteiger partial charge in [-0.05, 0) is 44.6 Å². The molecule has 1 aromatic rings. The summed E-state index contributed by atoms with van der Waals surface area (Å²) in [5, 5.41) is 13.3. The number of carbonyl (C=O) groups is 2. The van der Waals surface area contributed by atoms with E-state index in [0.717, 1.165) is 12.0 Å². The summed E-state index contributed by atoms with van der Waals surface area (Å²) in [6.45, 7) is 4.86. The standard InChI is InChI=1S/C16H21NO3S/c1-12(2)4-7-16(15(19)20)6-3-8-17(11-16)14(18)13-5-9-21-10-13/h4-5,9-10H,3,6-8,11H2,1-2H3,(H,19,20)/t16-/m0/s1. The Morgan fingerprint density at radius 3 is 2.81 bits per heavy atom. The first-order valence-electron chi connectivity index (χ1n) is 7.13. The minimum Gasteiger partial charge on any atom is -0.481 e. The number of piperidine rings is 1. The maximum Gasteiger partial charge on any atom is 0.311 e. The Balaban J connectivity index is 2.18. The molecule has 1 fully saturated rings. The van der Waals surface area contributed by atoms with Crippen molar-refractivity contribution in [2.24, 2.45) is 5.41 Å². The first-order chi connectivity index (χ1) is 9.94. The lowest BCUT2D eigenvalue weighted by Crippen LogP contribution is -2.49. The largest absolute Gasteiger partial charge is 0.481 e. The number of amides is 1. The molecule has 21 heavy (non-hydrogen) atoms. The molecule has 1 aliphatic rings. The van der Waals surface area contributed by atoms with Crippen LogP contribution in [0.5, 0.6) is 0 Å². The van der Waals surface area contributed by atoms with Crippen LogP contribution in [0.25, 0.3) is 0 Å². The Kier molecular flexibility index (Phi) is 4.83. The topological polar surface area (TPSA) is 57.6 Å². The van der Waals surface area contributed by atoms with E-state index in [4.69, 9.17) is 0 Å². The van der Waals surface area contributed by atoms with Crippen molar-refractivity contribution in [2.45, 2.75) is 33.1 Å². The van der Waals surface area contributed by atoms with Crippen LogP contribution in [0.3, 0.4) is 0 Å². The Labute approximate surface area is 129 Å². The third kappa shape index (κ3) is 3.53. The smallest absolute Gasteiger partial charge is 0.311 e. The fraction of sp³-hybridized carbons (Fsp3) is 0.500. The van der Waals surface area contributed by atoms with Crippen molar-refractivity contribution >= 4 is 23.2 Å². The number of allylic oxidation sites excluding steroid dienone is 2. The zero-order valence-corrected chi connectivity index (χ0v) is 13.3. The van der Waals surface area contributed by atoms with Crippen LogP contribution in [-0.4, -0.2) is 35.0 Å². The molecule has 0 unspecified atom stereocenters. The van der Waals surface area contributed by atoms with Crippen LogP contribution in [-0.2, 0) is 4.79 Å². The van der Waals surface area contributed by atoms with E-state index in [-0.39, 0.29) is 5.91 Å². The molecule has 1 N–H and O–H groups in total. The van der Waals surface area contributed by atoms with Gasteiger partial charge in [0.25, 0.3) is 5.91 Å². The average molecular weight is 307 g/mol. The van der Waals surface area contributed by atoms with Gasteiger partial charge in [0.1, 0.15) is 0 Å². The molecule has 1 saturated heterocycles. The molecular weight excluding hydrogens is 286 g/mol. The van der Waals surface area contributed by atoms with E-state index >= 15 is 0 Å². The summed E-state index contributed by atoms with van der Waals surface area (Å²) in [6.07, 6.45) is 3.81. The monoisotopic (exact) mass is 307 g/mol. The summed E-state index contributed by atoms with van der Waals surface area (Å²) in [7, 11) is 0. The van der Waals surface area contributed by atoms with E-state index in [1.54, 1.807) is 11.0 Å². The lowest BCUT2D eigenvalue weighted by atomic mass is 9.76. The van der Waals surface area contributed by atoms with E-state index in [9.17, 15) is 14.7 Å². The number of carboxylic acid groups (broad SMARTS) is 1. The van der Waals surface area contributed by atoms with Crippen LogP contribution in [0.4, 0.5) is 0 Å². The number of carboxylic acids is 1. The van der Waals surface area contributed by atoms with Crippen LogP contribution in [0.2, 0.25) is 0 Å². The van der Waals surface area contributed by atoms with Crippen molar-refractivity contribution in [3.05, 3.63) is 34.0 Å². The van der Waals surface area contributed by atoms with Crippen LogP contribution in [0.1, 0.15) is 43.5 Å². The molecule has 0 bridgehead atoms. The van der Waals surface area contributed by atoms with Crippen LogP contribution in [0, 0.1) is 5.41 Å². The van der Waals surface area contributed by atoms with E-state index < -0.39 is 11.4 Å². The zero-order valence-electron chi connectivity index (χ0n) is 12.5. The third-order valence-corrected chi connectivity index (χ3v) is 4.67. The van der Waals surface area contributed by atoms with E-state index in [0.29, 0.717) is 31.5 Å². The summed E-state index contributed by atoms with van der Waals surface area (Å²) in [5.74, 6) is -0.860. The minimum atomic E-state index is -0.846. The fourth-order valence-corrected chi connectivity index (χ4v) is 3.33. The number of hydrogen-bond acceptors (Lipinski definition) is 3. The second kappa shape index (κ2) is 6.43. The number of hydrogen-bond donors (Lipinski definition) is 1. The van der Waals surface area contributed by atoms with Gasteiger partial charge in [0, 0.05) is 18.5 Å². The van der Waals surface area contributed by atoms with Gasteiger partial charge in [-0.15, -0.1) is 0 Å². The Bertz CT molecular complexity index is 546. The molecular formula is C16H21NO3S. The molecule has 1 amide bonds. The second-order valence-electron chi connectivity index (χ2n) is 5.91. The van der Waals surface area contributed by atoms with Crippen LogP contribution in [0.15, 0.2) is 28.5 Å². The number of rotatable bonds is 4. The van der Waals surface area contributed by atoms with Gasteiger partial charge in [-0.3, -0.25) is 9.59 Å². The van der Waals surface area contributed by atoms with E-state index in [2.05, 4.69) is 0 Å². The van der Waals surface area contributed by atoms with E-state index in [1.165, 1.54) is 11.3 Å². The highest BCUT2D eigenvalue weighted by Crippen LogP contribution is 2.35. The molecule has 0 saturated carbocycles. The van der Waals surface area contributed by atoms with Crippen molar-refractivity contribution in [3.8, 4) is 0 Å². The Morgan fingerprint density at radius 1 is 1.48 bits per heavy atom. The fourth-order valence-electron chi connectivity index (χ4n) is 2.70. The van der Waals surface area contributed by atoms with Crippen molar-refractivity contribution in [3.63, 3.8) is 0 Å². The van der Waals surface area contributed by atoms with Gasteiger partial charge in [-0.2, -0.15) is 11.3 Å². The Morgan fingerprint density at radius 2 is 2.24 bits per heavy atom. The second-order valence-corrected chi connectivity index (χ2v) is 6.69. The molecule has 0 aliphatic carbocycles. The number of aliphatic carboxylic acids is 1. The molecule has 2 rings (SSSR count). The van der Waals surface area contributed by atoms with Gasteiger partial charge in [-0.25, -0.2) is 0 Å². The van der Waals surface area contributed by atoms with E-state index in [1.807, 2.05) is 30.7 Å².